The Hall–Kier alpha value is -3.84. The van der Waals surface area contributed by atoms with E-state index in [4.69, 9.17) is 14.2 Å². The molecule has 1 N–H and O–H groups in total. The van der Waals surface area contributed by atoms with Crippen LogP contribution in [0.15, 0.2) is 32.8 Å². The van der Waals surface area contributed by atoms with Crippen molar-refractivity contribution < 1.29 is 28.2 Å². The summed E-state index contributed by atoms with van der Waals surface area (Å²) in [5.41, 5.74) is -2.42. The maximum atomic E-state index is 14.5. The topological polar surface area (TPSA) is 130 Å². The molecule has 0 saturated heterocycles. The van der Waals surface area contributed by atoms with E-state index in [1.165, 1.54) is 43.7 Å². The van der Waals surface area contributed by atoms with Crippen molar-refractivity contribution in [3.8, 4) is 5.75 Å². The van der Waals surface area contributed by atoms with E-state index in [1.54, 1.807) is 33.9 Å². The second-order valence-electron chi connectivity index (χ2n) is 11.1. The molecule has 232 valence electrons. The summed E-state index contributed by atoms with van der Waals surface area (Å²) in [7, 11) is 1.44. The fourth-order valence-electron chi connectivity index (χ4n) is 4.84. The lowest BCUT2D eigenvalue weighted by Gasteiger charge is -2.28. The van der Waals surface area contributed by atoms with Crippen molar-refractivity contribution in [2.75, 3.05) is 20.3 Å². The van der Waals surface area contributed by atoms with Crippen LogP contribution in [-0.4, -0.2) is 59.6 Å². The van der Waals surface area contributed by atoms with Gasteiger partial charge in [-0.3, -0.25) is 19.1 Å². The zero-order valence-electron chi connectivity index (χ0n) is 25.4. The van der Waals surface area contributed by atoms with E-state index in [2.05, 4.69) is 10.3 Å². The quantitative estimate of drug-likeness (QED) is 0.290. The van der Waals surface area contributed by atoms with Crippen LogP contribution in [0.4, 0.5) is 4.39 Å². The van der Waals surface area contributed by atoms with Gasteiger partial charge in [0.2, 0.25) is 5.91 Å². The van der Waals surface area contributed by atoms with E-state index in [9.17, 15) is 23.6 Å². The van der Waals surface area contributed by atoms with Gasteiger partial charge >= 0.3 is 11.7 Å². The van der Waals surface area contributed by atoms with E-state index < -0.39 is 40.6 Å². The van der Waals surface area contributed by atoms with E-state index in [1.807, 2.05) is 0 Å². The molecule has 0 radical (unpaired) electrons. The number of halogens is 1. The second kappa shape index (κ2) is 12.8. The summed E-state index contributed by atoms with van der Waals surface area (Å²) in [6, 6.07) is 3.82. The lowest BCUT2D eigenvalue weighted by Crippen LogP contribution is -2.56. The van der Waals surface area contributed by atoms with Gasteiger partial charge in [-0.25, -0.2) is 18.5 Å². The Morgan fingerprint density at radius 1 is 1.23 bits per heavy atom. The number of fused-ring (bicyclic) bond motifs is 1. The highest BCUT2D eigenvalue weighted by Crippen LogP contribution is 2.34. The molecule has 1 aliphatic rings. The van der Waals surface area contributed by atoms with Crippen LogP contribution in [0.1, 0.15) is 67.9 Å². The van der Waals surface area contributed by atoms with Crippen LogP contribution in [0, 0.1) is 12.7 Å². The molecule has 3 heterocycles. The summed E-state index contributed by atoms with van der Waals surface area (Å²) < 4.78 is 33.7. The highest BCUT2D eigenvalue weighted by Gasteiger charge is 2.36. The van der Waals surface area contributed by atoms with Crippen LogP contribution in [-0.2, 0) is 26.4 Å². The number of carbonyl (C=O) groups excluding carboxylic acids is 2. The molecule has 0 bridgehead atoms. The van der Waals surface area contributed by atoms with Crippen molar-refractivity contribution in [1.29, 1.82) is 0 Å². The van der Waals surface area contributed by atoms with Gasteiger partial charge in [-0.05, 0) is 71.7 Å². The number of benzene rings is 1. The van der Waals surface area contributed by atoms with Gasteiger partial charge in [0.25, 0.3) is 5.56 Å². The predicted molar refractivity (Wildman–Crippen MR) is 162 cm³/mol. The molecule has 2 atom stereocenters. The highest BCUT2D eigenvalue weighted by atomic mass is 32.1. The Morgan fingerprint density at radius 2 is 1.93 bits per heavy atom. The molecule has 1 aliphatic heterocycles. The van der Waals surface area contributed by atoms with Crippen LogP contribution >= 0.6 is 11.3 Å². The summed E-state index contributed by atoms with van der Waals surface area (Å²) in [5.74, 6) is -1.35. The SMILES string of the molecule is CCOC(=O)c1sc2c(c1C)c(=O)n(C(C)(C)C(=O)NC(C)C)c(=O)n2C[C@H](OCCC1C=N1)c1cc(F)ccc1OC. The molecule has 0 aliphatic carbocycles. The number of esters is 1. The predicted octanol–water partition coefficient (Wildman–Crippen LogP) is 3.72. The molecule has 1 amide bonds. The number of nitrogens with zero attached hydrogens (tertiary/aromatic N) is 3. The van der Waals surface area contributed by atoms with Gasteiger partial charge in [0, 0.05) is 24.4 Å². The molecule has 13 heteroatoms. The molecule has 0 spiro atoms. The monoisotopic (exact) mass is 616 g/mol. The molecule has 11 nitrogen and oxygen atoms in total. The van der Waals surface area contributed by atoms with Crippen molar-refractivity contribution >= 4 is 39.6 Å². The fourth-order valence-corrected chi connectivity index (χ4v) is 6.03. The Morgan fingerprint density at radius 3 is 2.53 bits per heavy atom. The van der Waals surface area contributed by atoms with E-state index in [0.29, 0.717) is 23.3 Å². The maximum absolute atomic E-state index is 14.5. The van der Waals surface area contributed by atoms with Gasteiger partial charge in [0.1, 0.15) is 32.9 Å². The third-order valence-electron chi connectivity index (χ3n) is 7.19. The average Bonchev–Trinajstić information content (AvgIpc) is 3.69. The summed E-state index contributed by atoms with van der Waals surface area (Å²) in [5, 5.41) is 2.88. The van der Waals surface area contributed by atoms with Crippen molar-refractivity contribution in [3.05, 3.63) is 60.9 Å². The number of nitrogens with one attached hydrogen (secondary N) is 1. The number of hydrogen-bond acceptors (Lipinski definition) is 9. The normalized spacial score (nSPS) is 15.1. The Balaban J connectivity index is 1.97. The van der Waals surface area contributed by atoms with Gasteiger partial charge < -0.3 is 19.5 Å². The molecule has 0 saturated carbocycles. The number of carbonyl (C=O) groups is 2. The van der Waals surface area contributed by atoms with Gasteiger partial charge in [0.05, 0.1) is 31.7 Å². The first-order valence-corrected chi connectivity index (χ1v) is 14.9. The first kappa shape index (κ1) is 32.1. The molecule has 43 heavy (non-hydrogen) atoms. The first-order valence-electron chi connectivity index (χ1n) is 14.1. The molecular weight excluding hydrogens is 579 g/mol. The van der Waals surface area contributed by atoms with Crippen molar-refractivity contribution in [2.45, 2.75) is 78.2 Å². The maximum Gasteiger partial charge on any atom is 0.348 e. The third kappa shape index (κ3) is 6.57. The van der Waals surface area contributed by atoms with Gasteiger partial charge in [-0.1, -0.05) is 0 Å². The number of amides is 1. The minimum absolute atomic E-state index is 0.0683. The number of aryl methyl sites for hydroxylation is 1. The zero-order chi connectivity index (χ0) is 31.6. The van der Waals surface area contributed by atoms with E-state index >= 15 is 0 Å². The number of rotatable bonds is 13. The van der Waals surface area contributed by atoms with E-state index in [-0.39, 0.29) is 46.9 Å². The van der Waals surface area contributed by atoms with Crippen LogP contribution in [0.5, 0.6) is 5.75 Å². The van der Waals surface area contributed by atoms with E-state index in [0.717, 1.165) is 15.9 Å². The van der Waals surface area contributed by atoms with Crippen molar-refractivity contribution in [2.24, 2.45) is 4.99 Å². The smallest absolute Gasteiger partial charge is 0.348 e. The van der Waals surface area contributed by atoms with Crippen molar-refractivity contribution in [3.63, 3.8) is 0 Å². The number of aromatic nitrogens is 2. The average molecular weight is 617 g/mol. The van der Waals surface area contributed by atoms with Crippen LogP contribution in [0.25, 0.3) is 10.2 Å². The second-order valence-corrected chi connectivity index (χ2v) is 12.1. The Kier molecular flexibility index (Phi) is 9.55. The lowest BCUT2D eigenvalue weighted by atomic mass is 10.0. The number of hydrogen-bond donors (Lipinski definition) is 1. The molecule has 2 aromatic heterocycles. The lowest BCUT2D eigenvalue weighted by molar-refractivity contribution is -0.129. The fraction of sp³-hybridized carbons (Fsp3) is 0.500. The molecule has 3 aromatic rings. The summed E-state index contributed by atoms with van der Waals surface area (Å²) >= 11 is 0.948. The number of ether oxygens (including phenoxy) is 3. The summed E-state index contributed by atoms with van der Waals surface area (Å²) in [6.07, 6.45) is 1.48. The Labute approximate surface area is 252 Å². The highest BCUT2D eigenvalue weighted by molar-refractivity contribution is 7.20. The van der Waals surface area contributed by atoms with Gasteiger partial charge in [-0.2, -0.15) is 0 Å². The van der Waals surface area contributed by atoms with Gasteiger partial charge in [-0.15, -0.1) is 11.3 Å². The van der Waals surface area contributed by atoms with Gasteiger partial charge in [0.15, 0.2) is 0 Å². The molecule has 4 rings (SSSR count). The van der Waals surface area contributed by atoms with Crippen LogP contribution < -0.4 is 21.3 Å². The molecule has 1 unspecified atom stereocenters. The van der Waals surface area contributed by atoms with Crippen LogP contribution in [0.3, 0.4) is 0 Å². The third-order valence-corrected chi connectivity index (χ3v) is 8.48. The van der Waals surface area contributed by atoms with Crippen LogP contribution in [0.2, 0.25) is 0 Å². The summed E-state index contributed by atoms with van der Waals surface area (Å²) in [4.78, 5) is 59.0. The first-order chi connectivity index (χ1) is 20.3. The standard InChI is InChI=1S/C30H37FN4O7S/c1-8-41-27(37)24-17(4)23-25(36)35(30(5,6)28(38)33-16(2)3)29(39)34(26(23)43-24)15-22(42-12-11-19-14-32-19)20-13-18(31)9-10-21(20)40-7/h9-10,13-14,16,19,22H,8,11-12,15H2,1-7H3,(H,33,38)/t19?,22-/m0/s1. The molecule has 0 fully saturated rings. The zero-order valence-corrected chi connectivity index (χ0v) is 26.2. The molecular formula is C30H37FN4O7S. The largest absolute Gasteiger partial charge is 0.496 e. The number of aliphatic imine (C=N–C) groups is 1. The minimum atomic E-state index is -1.61. The minimum Gasteiger partial charge on any atom is -0.496 e. The number of methoxy groups -OCH3 is 1. The summed E-state index contributed by atoms with van der Waals surface area (Å²) in [6.45, 7) is 9.96. The molecule has 1 aromatic carbocycles. The van der Waals surface area contributed by atoms with Crippen molar-refractivity contribution in [1.82, 2.24) is 14.5 Å². The number of thiophene rings is 1. The Bertz CT molecular complexity index is 1680.